The highest BCUT2D eigenvalue weighted by atomic mass is 16.6. The van der Waals surface area contributed by atoms with E-state index in [0.717, 1.165) is 32.4 Å². The first-order valence-corrected chi connectivity index (χ1v) is 7.34. The summed E-state index contributed by atoms with van der Waals surface area (Å²) in [6.07, 6.45) is 2.99. The van der Waals surface area contributed by atoms with Crippen LogP contribution in [-0.2, 0) is 4.74 Å². The first-order valence-electron chi connectivity index (χ1n) is 7.34. The lowest BCUT2D eigenvalue weighted by Gasteiger charge is -2.24. The van der Waals surface area contributed by atoms with Crippen molar-refractivity contribution in [1.82, 2.24) is 16.0 Å². The Labute approximate surface area is 116 Å². The molecule has 0 aliphatic carbocycles. The summed E-state index contributed by atoms with van der Waals surface area (Å²) in [7, 11) is 0. The van der Waals surface area contributed by atoms with E-state index in [1.165, 1.54) is 0 Å². The number of nitrogens with one attached hydrogen (secondary N) is 3. The van der Waals surface area contributed by atoms with Gasteiger partial charge in [0.15, 0.2) is 0 Å². The standard InChI is InChI=1S/C14H29N3O2/c1-5-6-11(17-12-7-8-15-9-12)10-16-13(18)19-14(2,3)4/h11-12,15,17H,5-10H2,1-4H3,(H,16,18). The van der Waals surface area contributed by atoms with Gasteiger partial charge in [-0.05, 0) is 40.2 Å². The van der Waals surface area contributed by atoms with Crippen LogP contribution in [0, 0.1) is 0 Å². The predicted molar refractivity (Wildman–Crippen MR) is 77.3 cm³/mol. The molecule has 0 aromatic heterocycles. The van der Waals surface area contributed by atoms with Crippen LogP contribution < -0.4 is 16.0 Å². The van der Waals surface area contributed by atoms with Crippen LogP contribution in [0.2, 0.25) is 0 Å². The Morgan fingerprint density at radius 1 is 1.47 bits per heavy atom. The first kappa shape index (κ1) is 16.2. The van der Waals surface area contributed by atoms with Crippen molar-refractivity contribution in [3.8, 4) is 0 Å². The molecule has 5 heteroatoms. The zero-order valence-corrected chi connectivity index (χ0v) is 12.7. The molecule has 19 heavy (non-hydrogen) atoms. The average molecular weight is 271 g/mol. The third-order valence-corrected chi connectivity index (χ3v) is 3.06. The van der Waals surface area contributed by atoms with Gasteiger partial charge in [-0.25, -0.2) is 4.79 Å². The molecule has 2 unspecified atom stereocenters. The van der Waals surface area contributed by atoms with Crippen LogP contribution in [0.3, 0.4) is 0 Å². The van der Waals surface area contributed by atoms with Gasteiger partial charge in [-0.3, -0.25) is 0 Å². The number of rotatable bonds is 6. The molecule has 0 aromatic carbocycles. The van der Waals surface area contributed by atoms with Crippen molar-refractivity contribution in [2.24, 2.45) is 0 Å². The third-order valence-electron chi connectivity index (χ3n) is 3.06. The summed E-state index contributed by atoms with van der Waals surface area (Å²) >= 11 is 0. The Bertz CT molecular complexity index is 270. The van der Waals surface area contributed by atoms with Crippen molar-refractivity contribution in [2.45, 2.75) is 64.6 Å². The minimum absolute atomic E-state index is 0.322. The van der Waals surface area contributed by atoms with Crippen molar-refractivity contribution >= 4 is 6.09 Å². The molecule has 0 radical (unpaired) electrons. The van der Waals surface area contributed by atoms with E-state index in [0.29, 0.717) is 18.6 Å². The fourth-order valence-corrected chi connectivity index (χ4v) is 2.24. The fraction of sp³-hybridized carbons (Fsp3) is 0.929. The largest absolute Gasteiger partial charge is 0.444 e. The monoisotopic (exact) mass is 271 g/mol. The van der Waals surface area contributed by atoms with E-state index in [1.54, 1.807) is 0 Å². The van der Waals surface area contributed by atoms with Gasteiger partial charge < -0.3 is 20.7 Å². The average Bonchev–Trinajstić information content (AvgIpc) is 2.76. The SMILES string of the molecule is CCCC(CNC(=O)OC(C)(C)C)NC1CCNC1. The topological polar surface area (TPSA) is 62.4 Å². The zero-order valence-electron chi connectivity index (χ0n) is 12.7. The zero-order chi connectivity index (χ0) is 14.3. The highest BCUT2D eigenvalue weighted by Gasteiger charge is 2.20. The van der Waals surface area contributed by atoms with Crippen molar-refractivity contribution in [1.29, 1.82) is 0 Å². The lowest BCUT2D eigenvalue weighted by molar-refractivity contribution is 0.0521. The van der Waals surface area contributed by atoms with Crippen molar-refractivity contribution < 1.29 is 9.53 Å². The number of amides is 1. The summed E-state index contributed by atoms with van der Waals surface area (Å²) in [6, 6.07) is 0.847. The molecule has 1 aliphatic rings. The van der Waals surface area contributed by atoms with Crippen molar-refractivity contribution in [2.75, 3.05) is 19.6 Å². The molecular weight excluding hydrogens is 242 g/mol. The normalized spacial score (nSPS) is 21.2. The van der Waals surface area contributed by atoms with Gasteiger partial charge in [0.1, 0.15) is 5.60 Å². The summed E-state index contributed by atoms with van der Waals surface area (Å²) in [6.45, 7) is 10.5. The smallest absolute Gasteiger partial charge is 0.407 e. The van der Waals surface area contributed by atoms with E-state index in [-0.39, 0.29) is 6.09 Å². The van der Waals surface area contributed by atoms with Crippen LogP contribution in [0.1, 0.15) is 47.0 Å². The molecule has 112 valence electrons. The molecule has 1 saturated heterocycles. The molecule has 1 amide bonds. The quantitative estimate of drug-likeness (QED) is 0.687. The molecule has 0 saturated carbocycles. The molecule has 2 atom stereocenters. The van der Waals surface area contributed by atoms with Crippen LogP contribution in [-0.4, -0.2) is 43.4 Å². The predicted octanol–water partition coefficient (Wildman–Crippen LogP) is 1.63. The van der Waals surface area contributed by atoms with Crippen LogP contribution in [0.5, 0.6) is 0 Å². The minimum atomic E-state index is -0.437. The summed E-state index contributed by atoms with van der Waals surface area (Å²) < 4.78 is 5.25. The van der Waals surface area contributed by atoms with Crippen LogP contribution in [0.4, 0.5) is 4.79 Å². The van der Waals surface area contributed by atoms with Gasteiger partial charge >= 0.3 is 6.09 Å². The second kappa shape index (κ2) is 7.70. The van der Waals surface area contributed by atoms with E-state index in [2.05, 4.69) is 22.9 Å². The molecule has 0 aromatic rings. The van der Waals surface area contributed by atoms with Gasteiger partial charge in [0, 0.05) is 25.2 Å². The Hall–Kier alpha value is -0.810. The number of ether oxygens (including phenoxy) is 1. The van der Waals surface area contributed by atoms with Crippen molar-refractivity contribution in [3.05, 3.63) is 0 Å². The Morgan fingerprint density at radius 3 is 2.74 bits per heavy atom. The summed E-state index contributed by atoms with van der Waals surface area (Å²) in [5.74, 6) is 0. The van der Waals surface area contributed by atoms with Crippen LogP contribution >= 0.6 is 0 Å². The Morgan fingerprint density at radius 2 is 2.21 bits per heavy atom. The number of carbonyl (C=O) groups is 1. The second-order valence-electron chi connectivity index (χ2n) is 6.22. The van der Waals surface area contributed by atoms with Gasteiger partial charge in [0.2, 0.25) is 0 Å². The van der Waals surface area contributed by atoms with E-state index >= 15 is 0 Å². The fourth-order valence-electron chi connectivity index (χ4n) is 2.24. The van der Waals surface area contributed by atoms with E-state index in [4.69, 9.17) is 4.74 Å². The lowest BCUT2D eigenvalue weighted by atomic mass is 10.1. The van der Waals surface area contributed by atoms with Gasteiger partial charge in [-0.2, -0.15) is 0 Å². The lowest BCUT2D eigenvalue weighted by Crippen LogP contribution is -2.47. The summed E-state index contributed by atoms with van der Waals surface area (Å²) in [5.41, 5.74) is -0.437. The minimum Gasteiger partial charge on any atom is -0.444 e. The molecule has 1 aliphatic heterocycles. The molecule has 1 fully saturated rings. The third kappa shape index (κ3) is 7.38. The van der Waals surface area contributed by atoms with E-state index in [1.807, 2.05) is 20.8 Å². The number of carbonyl (C=O) groups excluding carboxylic acids is 1. The van der Waals surface area contributed by atoms with E-state index in [9.17, 15) is 4.79 Å². The molecular formula is C14H29N3O2. The molecule has 3 N–H and O–H groups in total. The van der Waals surface area contributed by atoms with Gasteiger partial charge in [-0.15, -0.1) is 0 Å². The number of hydrogen-bond donors (Lipinski definition) is 3. The highest BCUT2D eigenvalue weighted by Crippen LogP contribution is 2.07. The first-order chi connectivity index (χ1) is 8.90. The highest BCUT2D eigenvalue weighted by molar-refractivity contribution is 5.67. The molecule has 0 spiro atoms. The summed E-state index contributed by atoms with van der Waals surface area (Å²) in [4.78, 5) is 11.6. The Balaban J connectivity index is 2.30. The molecule has 1 rings (SSSR count). The Kier molecular flexibility index (Phi) is 6.58. The maximum atomic E-state index is 11.6. The number of hydrogen-bond acceptors (Lipinski definition) is 4. The van der Waals surface area contributed by atoms with Gasteiger partial charge in [-0.1, -0.05) is 13.3 Å². The maximum Gasteiger partial charge on any atom is 0.407 e. The van der Waals surface area contributed by atoms with Gasteiger partial charge in [0.05, 0.1) is 0 Å². The van der Waals surface area contributed by atoms with Crippen LogP contribution in [0.25, 0.3) is 0 Å². The van der Waals surface area contributed by atoms with Crippen molar-refractivity contribution in [3.63, 3.8) is 0 Å². The second-order valence-corrected chi connectivity index (χ2v) is 6.22. The molecule has 0 bridgehead atoms. The van der Waals surface area contributed by atoms with E-state index < -0.39 is 5.60 Å². The maximum absolute atomic E-state index is 11.6. The summed E-state index contributed by atoms with van der Waals surface area (Å²) in [5, 5.41) is 9.80. The van der Waals surface area contributed by atoms with Crippen LogP contribution in [0.15, 0.2) is 0 Å². The van der Waals surface area contributed by atoms with Gasteiger partial charge in [0.25, 0.3) is 0 Å². The molecule has 5 nitrogen and oxygen atoms in total. The number of alkyl carbamates (subject to hydrolysis) is 1. The molecule has 1 heterocycles.